The van der Waals surface area contributed by atoms with E-state index < -0.39 is 0 Å². The van der Waals surface area contributed by atoms with E-state index in [9.17, 15) is 9.59 Å². The van der Waals surface area contributed by atoms with Gasteiger partial charge in [-0.05, 0) is 25.1 Å². The second-order valence-electron chi connectivity index (χ2n) is 5.37. The molecular weight excluding hydrogens is 327 g/mol. The van der Waals surface area contributed by atoms with E-state index in [0.29, 0.717) is 28.9 Å². The van der Waals surface area contributed by atoms with Crippen molar-refractivity contribution in [3.05, 3.63) is 28.2 Å². The molecule has 1 saturated heterocycles. The predicted molar refractivity (Wildman–Crippen MR) is 86.2 cm³/mol. The molecule has 1 heterocycles. The van der Waals surface area contributed by atoms with Crippen LogP contribution in [0.25, 0.3) is 0 Å². The summed E-state index contributed by atoms with van der Waals surface area (Å²) in [7, 11) is 1.59. The number of carbonyl (C=O) groups excluding carboxylic acids is 2. The number of rotatable bonds is 5. The summed E-state index contributed by atoms with van der Waals surface area (Å²) in [5.41, 5.74) is 0.565. The zero-order valence-electron chi connectivity index (χ0n) is 12.4. The number of halogens is 2. The molecule has 0 bridgehead atoms. The molecule has 1 aliphatic rings. The highest BCUT2D eigenvalue weighted by Gasteiger charge is 2.36. The van der Waals surface area contributed by atoms with Crippen molar-refractivity contribution in [1.82, 2.24) is 4.90 Å². The van der Waals surface area contributed by atoms with Crippen LogP contribution in [0, 0.1) is 5.92 Å². The van der Waals surface area contributed by atoms with Crippen LogP contribution < -0.4 is 5.32 Å². The maximum Gasteiger partial charge on any atom is 0.229 e. The molecule has 1 fully saturated rings. The summed E-state index contributed by atoms with van der Waals surface area (Å²) in [6.45, 7) is 2.75. The molecule has 1 aromatic carbocycles. The van der Waals surface area contributed by atoms with Crippen molar-refractivity contribution < 1.29 is 14.3 Å². The number of anilines is 1. The van der Waals surface area contributed by atoms with Gasteiger partial charge in [-0.3, -0.25) is 9.59 Å². The molecule has 0 aliphatic carbocycles. The standard InChI is InChI=1S/C15H18Cl2N2O3/c1-9(8-22-2)19-7-10(5-14(19)20)15(21)18-11-3-4-12(16)13(17)6-11/h3-4,6,9-10H,5,7-8H2,1-2H3,(H,18,21)/t9-,10-/m1/s1. The molecule has 1 aromatic rings. The van der Waals surface area contributed by atoms with Crippen LogP contribution in [0.5, 0.6) is 0 Å². The van der Waals surface area contributed by atoms with E-state index in [2.05, 4.69) is 5.32 Å². The summed E-state index contributed by atoms with van der Waals surface area (Å²) in [5.74, 6) is -0.598. The van der Waals surface area contributed by atoms with E-state index in [1.54, 1.807) is 30.2 Å². The van der Waals surface area contributed by atoms with Crippen molar-refractivity contribution >= 4 is 40.7 Å². The quantitative estimate of drug-likeness (QED) is 0.893. The maximum absolute atomic E-state index is 12.3. The molecule has 7 heteroatoms. The Kier molecular flexibility index (Phi) is 5.67. The third kappa shape index (κ3) is 3.91. The van der Waals surface area contributed by atoms with Crippen molar-refractivity contribution in [2.75, 3.05) is 25.6 Å². The smallest absolute Gasteiger partial charge is 0.229 e. The molecule has 120 valence electrons. The van der Waals surface area contributed by atoms with E-state index in [0.717, 1.165) is 0 Å². The average Bonchev–Trinajstić information content (AvgIpc) is 2.85. The second-order valence-corrected chi connectivity index (χ2v) is 6.18. The van der Waals surface area contributed by atoms with Crippen LogP contribution >= 0.6 is 23.2 Å². The number of benzene rings is 1. The van der Waals surface area contributed by atoms with E-state index in [1.807, 2.05) is 6.92 Å². The minimum Gasteiger partial charge on any atom is -0.383 e. The van der Waals surface area contributed by atoms with E-state index in [4.69, 9.17) is 27.9 Å². The average molecular weight is 345 g/mol. The lowest BCUT2D eigenvalue weighted by molar-refractivity contribution is -0.130. The van der Waals surface area contributed by atoms with Gasteiger partial charge in [0.25, 0.3) is 0 Å². The molecular formula is C15H18Cl2N2O3. The zero-order chi connectivity index (χ0) is 16.3. The summed E-state index contributed by atoms with van der Waals surface area (Å²) in [6, 6.07) is 4.84. The van der Waals surface area contributed by atoms with Crippen LogP contribution in [-0.4, -0.2) is 43.0 Å². The SMILES string of the molecule is COC[C@@H](C)N1C[C@H](C(=O)Nc2ccc(Cl)c(Cl)c2)CC1=O. The Labute approximate surface area is 139 Å². The van der Waals surface area contributed by atoms with Crippen LogP contribution in [0.3, 0.4) is 0 Å². The van der Waals surface area contributed by atoms with Gasteiger partial charge in [-0.1, -0.05) is 23.2 Å². The van der Waals surface area contributed by atoms with Gasteiger partial charge in [-0.2, -0.15) is 0 Å². The monoisotopic (exact) mass is 344 g/mol. The number of hydrogen-bond donors (Lipinski definition) is 1. The minimum atomic E-state index is -0.374. The number of nitrogens with zero attached hydrogens (tertiary/aromatic N) is 1. The third-order valence-electron chi connectivity index (χ3n) is 3.66. The number of amides is 2. The lowest BCUT2D eigenvalue weighted by atomic mass is 10.1. The zero-order valence-corrected chi connectivity index (χ0v) is 13.9. The van der Waals surface area contributed by atoms with Gasteiger partial charge in [-0.15, -0.1) is 0 Å². The Bertz CT molecular complexity index is 580. The second kappa shape index (κ2) is 7.31. The van der Waals surface area contributed by atoms with Crippen molar-refractivity contribution in [1.29, 1.82) is 0 Å². The Morgan fingerprint density at radius 1 is 1.45 bits per heavy atom. The summed E-state index contributed by atoms with van der Waals surface area (Å²) >= 11 is 11.8. The predicted octanol–water partition coefficient (Wildman–Crippen LogP) is 2.82. The summed E-state index contributed by atoms with van der Waals surface area (Å²) < 4.78 is 5.06. The fourth-order valence-corrected chi connectivity index (χ4v) is 2.78. The van der Waals surface area contributed by atoms with Gasteiger partial charge in [0.05, 0.1) is 28.6 Å². The molecule has 2 rings (SSSR count). The highest BCUT2D eigenvalue weighted by molar-refractivity contribution is 6.42. The topological polar surface area (TPSA) is 58.6 Å². The summed E-state index contributed by atoms with van der Waals surface area (Å²) in [6.07, 6.45) is 0.210. The fourth-order valence-electron chi connectivity index (χ4n) is 2.48. The maximum atomic E-state index is 12.3. The molecule has 0 aromatic heterocycles. The lowest BCUT2D eigenvalue weighted by Crippen LogP contribution is -2.38. The van der Waals surface area contributed by atoms with Crippen LogP contribution in [-0.2, 0) is 14.3 Å². The van der Waals surface area contributed by atoms with Crippen molar-refractivity contribution in [2.45, 2.75) is 19.4 Å². The first-order valence-corrected chi connectivity index (χ1v) is 7.72. The minimum absolute atomic E-state index is 0.0289. The Morgan fingerprint density at radius 3 is 2.82 bits per heavy atom. The van der Waals surface area contributed by atoms with Crippen LogP contribution in [0.15, 0.2) is 18.2 Å². The number of hydrogen-bond acceptors (Lipinski definition) is 3. The van der Waals surface area contributed by atoms with Gasteiger partial charge in [0.15, 0.2) is 0 Å². The molecule has 5 nitrogen and oxygen atoms in total. The lowest BCUT2D eigenvalue weighted by Gasteiger charge is -2.23. The first-order chi connectivity index (χ1) is 10.4. The molecule has 0 radical (unpaired) electrons. The molecule has 2 amide bonds. The summed E-state index contributed by atoms with van der Waals surface area (Å²) in [4.78, 5) is 26.0. The van der Waals surface area contributed by atoms with Crippen molar-refractivity contribution in [2.24, 2.45) is 5.92 Å². The number of methoxy groups -OCH3 is 1. The van der Waals surface area contributed by atoms with E-state index >= 15 is 0 Å². The third-order valence-corrected chi connectivity index (χ3v) is 4.40. The first kappa shape index (κ1) is 17.1. The number of ether oxygens (including phenoxy) is 1. The Balaban J connectivity index is 1.99. The van der Waals surface area contributed by atoms with Gasteiger partial charge in [0.2, 0.25) is 11.8 Å². The van der Waals surface area contributed by atoms with Crippen LogP contribution in [0.4, 0.5) is 5.69 Å². The molecule has 1 aliphatic heterocycles. The first-order valence-electron chi connectivity index (χ1n) is 6.96. The number of carbonyl (C=O) groups is 2. The number of likely N-dealkylation sites (tertiary alicyclic amines) is 1. The normalized spacial score (nSPS) is 19.4. The van der Waals surface area contributed by atoms with Crippen LogP contribution in [0.1, 0.15) is 13.3 Å². The van der Waals surface area contributed by atoms with Gasteiger partial charge in [-0.25, -0.2) is 0 Å². The summed E-state index contributed by atoms with van der Waals surface area (Å²) in [5, 5.41) is 3.57. The van der Waals surface area contributed by atoms with Gasteiger partial charge >= 0.3 is 0 Å². The van der Waals surface area contributed by atoms with E-state index in [1.165, 1.54) is 0 Å². The highest BCUT2D eigenvalue weighted by Crippen LogP contribution is 2.26. The van der Waals surface area contributed by atoms with Crippen LogP contribution in [0.2, 0.25) is 10.0 Å². The van der Waals surface area contributed by atoms with Gasteiger partial charge in [0.1, 0.15) is 0 Å². The molecule has 2 atom stereocenters. The molecule has 1 N–H and O–H groups in total. The van der Waals surface area contributed by atoms with Gasteiger partial charge < -0.3 is 15.0 Å². The van der Waals surface area contributed by atoms with Crippen molar-refractivity contribution in [3.8, 4) is 0 Å². The molecule has 0 spiro atoms. The van der Waals surface area contributed by atoms with Gasteiger partial charge in [0, 0.05) is 25.8 Å². The Hall–Kier alpha value is -1.30. The molecule has 0 unspecified atom stereocenters. The van der Waals surface area contributed by atoms with Crippen molar-refractivity contribution in [3.63, 3.8) is 0 Å². The highest BCUT2D eigenvalue weighted by atomic mass is 35.5. The van der Waals surface area contributed by atoms with E-state index in [-0.39, 0.29) is 30.2 Å². The largest absolute Gasteiger partial charge is 0.383 e. The number of nitrogens with one attached hydrogen (secondary N) is 1. The molecule has 22 heavy (non-hydrogen) atoms. The molecule has 0 saturated carbocycles. The Morgan fingerprint density at radius 2 is 2.18 bits per heavy atom. The fraction of sp³-hybridized carbons (Fsp3) is 0.467.